The first-order chi connectivity index (χ1) is 9.10. The Kier molecular flexibility index (Phi) is 4.47. The highest BCUT2D eigenvalue weighted by Crippen LogP contribution is 2.24. The van der Waals surface area contributed by atoms with Gasteiger partial charge in [0.05, 0.1) is 18.3 Å². The molecule has 0 aliphatic heterocycles. The van der Waals surface area contributed by atoms with Gasteiger partial charge in [-0.15, -0.1) is 11.6 Å². The fourth-order valence-electron chi connectivity index (χ4n) is 2.43. The minimum absolute atomic E-state index is 0.220. The lowest BCUT2D eigenvalue weighted by molar-refractivity contribution is 0.119. The number of halogens is 1. The number of hydrogen-bond acceptors (Lipinski definition) is 3. The van der Waals surface area contributed by atoms with Crippen LogP contribution in [0.15, 0.2) is 0 Å². The van der Waals surface area contributed by atoms with E-state index in [-0.39, 0.29) is 6.04 Å². The van der Waals surface area contributed by atoms with E-state index >= 15 is 0 Å². The topological polar surface area (TPSA) is 44.9 Å². The summed E-state index contributed by atoms with van der Waals surface area (Å²) in [7, 11) is 1.95. The smallest absolute Gasteiger partial charge is 0.158 e. The Labute approximate surface area is 118 Å². The Balaban J connectivity index is 2.50. The summed E-state index contributed by atoms with van der Waals surface area (Å²) in [4.78, 5) is 4.69. The molecule has 19 heavy (non-hydrogen) atoms. The van der Waals surface area contributed by atoms with Crippen LogP contribution in [0.2, 0.25) is 0 Å². The maximum absolute atomic E-state index is 5.88. The van der Waals surface area contributed by atoms with Crippen LogP contribution >= 0.6 is 11.6 Å². The molecule has 1 atom stereocenters. The van der Waals surface area contributed by atoms with Crippen molar-refractivity contribution in [3.63, 3.8) is 0 Å². The molecule has 0 saturated carbocycles. The van der Waals surface area contributed by atoms with Crippen LogP contribution in [0.4, 0.5) is 0 Å². The lowest BCUT2D eigenvalue weighted by Gasteiger charge is -2.17. The molecule has 0 amide bonds. The minimum Gasteiger partial charge on any atom is -0.380 e. The monoisotopic (exact) mass is 284 g/mol. The van der Waals surface area contributed by atoms with Crippen LogP contribution in [-0.4, -0.2) is 38.4 Å². The summed E-state index contributed by atoms with van der Waals surface area (Å²) < 4.78 is 9.63. The highest BCUT2D eigenvalue weighted by molar-refractivity contribution is 6.17. The molecule has 0 aromatic carbocycles. The molecule has 0 radical (unpaired) electrons. The number of alkyl halides is 1. The van der Waals surface area contributed by atoms with Gasteiger partial charge in [-0.1, -0.05) is 0 Å². The quantitative estimate of drug-likeness (QED) is 0.766. The highest BCUT2D eigenvalue weighted by Gasteiger charge is 2.20. The molecule has 0 N–H and O–H groups in total. The normalized spacial score (nSPS) is 13.3. The zero-order valence-corrected chi connectivity index (χ0v) is 12.7. The van der Waals surface area contributed by atoms with Gasteiger partial charge in [0.2, 0.25) is 0 Å². The Bertz CT molecular complexity index is 560. The predicted molar refractivity (Wildman–Crippen MR) is 76.9 cm³/mol. The van der Waals surface area contributed by atoms with E-state index in [1.165, 1.54) is 0 Å². The second-order valence-electron chi connectivity index (χ2n) is 4.73. The Morgan fingerprint density at radius 1 is 1.42 bits per heavy atom. The summed E-state index contributed by atoms with van der Waals surface area (Å²) in [6, 6.07) is 0.220. The average molecular weight is 285 g/mol. The number of imidazole rings is 1. The molecule has 2 heterocycles. The number of hydrogen-bond donors (Lipinski definition) is 0. The largest absolute Gasteiger partial charge is 0.380 e. The molecule has 2 aromatic heterocycles. The molecular weight excluding hydrogens is 264 g/mol. The molecule has 6 heteroatoms. The molecular formula is C13H21ClN4O. The van der Waals surface area contributed by atoms with Gasteiger partial charge in [0.25, 0.3) is 0 Å². The first kappa shape index (κ1) is 14.3. The third kappa shape index (κ3) is 2.62. The van der Waals surface area contributed by atoms with Crippen LogP contribution in [0.1, 0.15) is 31.4 Å². The number of rotatable bonds is 6. The fourth-order valence-corrected chi connectivity index (χ4v) is 2.60. The molecule has 2 rings (SSSR count). The number of fused-ring (bicyclic) bond motifs is 1. The van der Waals surface area contributed by atoms with Crippen molar-refractivity contribution in [1.29, 1.82) is 0 Å². The van der Waals surface area contributed by atoms with E-state index in [0.717, 1.165) is 35.7 Å². The van der Waals surface area contributed by atoms with Gasteiger partial charge in [0, 0.05) is 26.0 Å². The summed E-state index contributed by atoms with van der Waals surface area (Å²) in [5.74, 6) is 1.57. The van der Waals surface area contributed by atoms with Crippen LogP contribution in [0, 0.1) is 6.92 Å². The lowest BCUT2D eigenvalue weighted by Crippen LogP contribution is -2.17. The van der Waals surface area contributed by atoms with Crippen LogP contribution in [-0.2, 0) is 18.2 Å². The Morgan fingerprint density at radius 2 is 2.16 bits per heavy atom. The molecule has 0 saturated heterocycles. The van der Waals surface area contributed by atoms with Gasteiger partial charge in [-0.05, 0) is 20.8 Å². The van der Waals surface area contributed by atoms with Gasteiger partial charge in [0.1, 0.15) is 11.3 Å². The number of nitrogens with zero attached hydrogens (tertiary/aromatic N) is 4. The third-order valence-corrected chi connectivity index (χ3v) is 3.42. The van der Waals surface area contributed by atoms with Crippen molar-refractivity contribution < 1.29 is 4.74 Å². The maximum Gasteiger partial charge on any atom is 0.158 e. The second kappa shape index (κ2) is 5.92. The van der Waals surface area contributed by atoms with Crippen LogP contribution in [0.3, 0.4) is 0 Å². The maximum atomic E-state index is 5.88. The van der Waals surface area contributed by atoms with Crippen molar-refractivity contribution in [3.8, 4) is 0 Å². The van der Waals surface area contributed by atoms with Gasteiger partial charge in [-0.25, -0.2) is 4.98 Å². The van der Waals surface area contributed by atoms with Crippen molar-refractivity contribution in [2.24, 2.45) is 7.05 Å². The molecule has 0 aliphatic rings. The molecule has 2 aromatic rings. The summed E-state index contributed by atoms with van der Waals surface area (Å²) in [6.45, 7) is 7.51. The first-order valence-electron chi connectivity index (χ1n) is 6.64. The molecule has 106 valence electrons. The van der Waals surface area contributed by atoms with Gasteiger partial charge >= 0.3 is 0 Å². The van der Waals surface area contributed by atoms with E-state index in [1.807, 2.05) is 25.6 Å². The third-order valence-electron chi connectivity index (χ3n) is 3.23. The van der Waals surface area contributed by atoms with Gasteiger partial charge in [0.15, 0.2) is 5.65 Å². The van der Waals surface area contributed by atoms with E-state index in [2.05, 4.69) is 16.6 Å². The summed E-state index contributed by atoms with van der Waals surface area (Å²) in [5.41, 5.74) is 2.96. The summed E-state index contributed by atoms with van der Waals surface area (Å²) >= 11 is 5.88. The zero-order chi connectivity index (χ0) is 14.0. The first-order valence-corrected chi connectivity index (χ1v) is 7.17. The van der Waals surface area contributed by atoms with Crippen molar-refractivity contribution in [3.05, 3.63) is 11.5 Å². The Morgan fingerprint density at radius 3 is 2.79 bits per heavy atom. The van der Waals surface area contributed by atoms with Crippen LogP contribution in [0.25, 0.3) is 11.2 Å². The van der Waals surface area contributed by atoms with Crippen molar-refractivity contribution in [2.45, 2.75) is 33.2 Å². The van der Waals surface area contributed by atoms with Crippen molar-refractivity contribution in [2.75, 3.05) is 19.1 Å². The SMILES string of the molecule is CCOCC(C)n1c(CCCl)nc2c(C)nn(C)c21. The van der Waals surface area contributed by atoms with Crippen LogP contribution in [0.5, 0.6) is 0 Å². The van der Waals surface area contributed by atoms with E-state index < -0.39 is 0 Å². The molecule has 0 aliphatic carbocycles. The molecule has 0 fully saturated rings. The highest BCUT2D eigenvalue weighted by atomic mass is 35.5. The fraction of sp³-hybridized carbons (Fsp3) is 0.692. The molecule has 0 spiro atoms. The average Bonchev–Trinajstić information content (AvgIpc) is 2.87. The van der Waals surface area contributed by atoms with Gasteiger partial charge in [-0.2, -0.15) is 5.10 Å². The second-order valence-corrected chi connectivity index (χ2v) is 5.10. The molecule has 0 bridgehead atoms. The van der Waals surface area contributed by atoms with E-state index in [4.69, 9.17) is 21.3 Å². The summed E-state index contributed by atoms with van der Waals surface area (Å²) in [6.07, 6.45) is 0.756. The number of ether oxygens (including phenoxy) is 1. The zero-order valence-electron chi connectivity index (χ0n) is 12.0. The van der Waals surface area contributed by atoms with E-state index in [0.29, 0.717) is 12.5 Å². The molecule has 5 nitrogen and oxygen atoms in total. The van der Waals surface area contributed by atoms with E-state index in [9.17, 15) is 0 Å². The van der Waals surface area contributed by atoms with Crippen molar-refractivity contribution in [1.82, 2.24) is 19.3 Å². The predicted octanol–water partition coefficient (Wildman–Crippen LogP) is 2.46. The van der Waals surface area contributed by atoms with Gasteiger partial charge < -0.3 is 9.30 Å². The van der Waals surface area contributed by atoms with Crippen LogP contribution < -0.4 is 0 Å². The number of aryl methyl sites for hydroxylation is 3. The van der Waals surface area contributed by atoms with Gasteiger partial charge in [-0.3, -0.25) is 4.68 Å². The number of aromatic nitrogens is 4. The molecule has 1 unspecified atom stereocenters. The van der Waals surface area contributed by atoms with Crippen molar-refractivity contribution >= 4 is 22.8 Å². The minimum atomic E-state index is 0.220. The lowest BCUT2D eigenvalue weighted by atomic mass is 10.3. The Hall–Kier alpha value is -1.07. The standard InChI is InChI=1S/C13H21ClN4O/c1-5-19-8-9(2)18-11(6-7-14)15-12-10(3)16-17(4)13(12)18/h9H,5-8H2,1-4H3. The van der Waals surface area contributed by atoms with E-state index in [1.54, 1.807) is 0 Å². The summed E-state index contributed by atoms with van der Waals surface area (Å²) in [5, 5.41) is 4.43.